The number of carbonyl (C=O) groups is 1. The first-order valence-corrected chi connectivity index (χ1v) is 10.3. The fraction of sp³-hybridized carbons (Fsp3) is 0.480. The van der Waals surface area contributed by atoms with Crippen molar-refractivity contribution in [3.63, 3.8) is 0 Å². The first-order valence-electron chi connectivity index (χ1n) is 10.3. The summed E-state index contributed by atoms with van der Waals surface area (Å²) in [5.41, 5.74) is 3.88. The van der Waals surface area contributed by atoms with Crippen molar-refractivity contribution in [3.05, 3.63) is 65.2 Å². The number of nitrogens with zero attached hydrogens (tertiary/aromatic N) is 1. The molecule has 2 rings (SSSR count). The van der Waals surface area contributed by atoms with Gasteiger partial charge in [0.05, 0.1) is 6.04 Å². The Balaban J connectivity index is 1.90. The van der Waals surface area contributed by atoms with Gasteiger partial charge < -0.3 is 15.0 Å². The van der Waals surface area contributed by atoms with E-state index in [1.165, 1.54) is 16.7 Å². The highest BCUT2D eigenvalue weighted by Gasteiger charge is 2.18. The zero-order valence-corrected chi connectivity index (χ0v) is 19.0. The molecule has 0 aliphatic carbocycles. The molecule has 0 radical (unpaired) electrons. The first kappa shape index (κ1) is 23.0. The van der Waals surface area contributed by atoms with Gasteiger partial charge in [-0.15, -0.1) is 0 Å². The third-order valence-corrected chi connectivity index (χ3v) is 5.19. The van der Waals surface area contributed by atoms with Gasteiger partial charge in [-0.3, -0.25) is 4.79 Å². The summed E-state index contributed by atoms with van der Waals surface area (Å²) in [6.07, 6.45) is 0. The highest BCUT2D eigenvalue weighted by atomic mass is 16.5. The standard InChI is InChI=1S/C25H36N2O2/c1-18(2)19-10-14-22(15-11-19)29-17-24(28)26-16-23(27(6)7)20-8-12-21(13-9-20)25(3,4)5/h8-15,18,23H,16-17H2,1-7H3,(H,26,28)/t23-/m0/s1. The smallest absolute Gasteiger partial charge is 0.258 e. The molecule has 0 spiro atoms. The molecule has 1 atom stereocenters. The molecule has 0 bridgehead atoms. The Morgan fingerprint density at radius 1 is 0.966 bits per heavy atom. The van der Waals surface area contributed by atoms with Crippen molar-refractivity contribution in [1.29, 1.82) is 0 Å². The summed E-state index contributed by atoms with van der Waals surface area (Å²) < 4.78 is 5.63. The van der Waals surface area contributed by atoms with Crippen LogP contribution in [0.3, 0.4) is 0 Å². The first-order chi connectivity index (χ1) is 13.6. The molecular weight excluding hydrogens is 360 g/mol. The third-order valence-electron chi connectivity index (χ3n) is 5.19. The molecule has 0 aliphatic heterocycles. The van der Waals surface area contributed by atoms with Gasteiger partial charge in [0.1, 0.15) is 5.75 Å². The number of amides is 1. The van der Waals surface area contributed by atoms with E-state index in [0.29, 0.717) is 18.2 Å². The van der Waals surface area contributed by atoms with E-state index < -0.39 is 0 Å². The van der Waals surface area contributed by atoms with Crippen LogP contribution in [0.25, 0.3) is 0 Å². The number of ether oxygens (including phenoxy) is 1. The van der Waals surface area contributed by atoms with Crippen molar-refractivity contribution < 1.29 is 9.53 Å². The van der Waals surface area contributed by atoms with Gasteiger partial charge in [0.2, 0.25) is 0 Å². The van der Waals surface area contributed by atoms with Crippen LogP contribution in [-0.2, 0) is 10.2 Å². The molecule has 1 amide bonds. The summed E-state index contributed by atoms with van der Waals surface area (Å²) >= 11 is 0. The molecule has 158 valence electrons. The molecule has 4 heteroatoms. The number of benzene rings is 2. The highest BCUT2D eigenvalue weighted by Crippen LogP contribution is 2.25. The van der Waals surface area contributed by atoms with Gasteiger partial charge in [0.15, 0.2) is 6.61 Å². The lowest BCUT2D eigenvalue weighted by Crippen LogP contribution is -2.36. The Bertz CT molecular complexity index is 772. The van der Waals surface area contributed by atoms with Crippen LogP contribution in [0.4, 0.5) is 0 Å². The average Bonchev–Trinajstić information content (AvgIpc) is 2.66. The Morgan fingerprint density at radius 2 is 1.52 bits per heavy atom. The van der Waals surface area contributed by atoms with E-state index in [2.05, 4.69) is 69.1 Å². The molecule has 2 aromatic rings. The monoisotopic (exact) mass is 396 g/mol. The Kier molecular flexibility index (Phi) is 7.86. The molecule has 0 heterocycles. The molecule has 2 aromatic carbocycles. The number of hydrogen-bond acceptors (Lipinski definition) is 3. The molecule has 0 aliphatic rings. The zero-order valence-electron chi connectivity index (χ0n) is 19.0. The van der Waals surface area contributed by atoms with Crippen LogP contribution in [0.2, 0.25) is 0 Å². The summed E-state index contributed by atoms with van der Waals surface area (Å²) in [7, 11) is 4.06. The molecule has 1 N–H and O–H groups in total. The minimum atomic E-state index is -0.115. The van der Waals surface area contributed by atoms with Crippen LogP contribution in [0, 0.1) is 0 Å². The van der Waals surface area contributed by atoms with Crippen molar-refractivity contribution in [3.8, 4) is 5.75 Å². The topological polar surface area (TPSA) is 41.6 Å². The van der Waals surface area contributed by atoms with Crippen molar-refractivity contribution in [2.75, 3.05) is 27.2 Å². The van der Waals surface area contributed by atoms with Crippen LogP contribution in [0.5, 0.6) is 5.75 Å². The lowest BCUT2D eigenvalue weighted by atomic mass is 9.86. The summed E-state index contributed by atoms with van der Waals surface area (Å²) in [5, 5.41) is 3.00. The lowest BCUT2D eigenvalue weighted by Gasteiger charge is -2.26. The van der Waals surface area contributed by atoms with Gasteiger partial charge in [0.25, 0.3) is 5.91 Å². The minimum Gasteiger partial charge on any atom is -0.484 e. The van der Waals surface area contributed by atoms with Crippen molar-refractivity contribution in [2.45, 2.75) is 52.0 Å². The molecule has 0 fully saturated rings. The lowest BCUT2D eigenvalue weighted by molar-refractivity contribution is -0.123. The predicted molar refractivity (Wildman–Crippen MR) is 121 cm³/mol. The second kappa shape index (κ2) is 9.93. The van der Waals surface area contributed by atoms with Crippen LogP contribution in [0.1, 0.15) is 63.3 Å². The van der Waals surface area contributed by atoms with Crippen molar-refractivity contribution in [1.82, 2.24) is 10.2 Å². The maximum absolute atomic E-state index is 12.3. The zero-order chi connectivity index (χ0) is 21.6. The van der Waals surface area contributed by atoms with Gasteiger partial charge in [-0.2, -0.15) is 0 Å². The normalized spacial score (nSPS) is 12.9. The molecule has 29 heavy (non-hydrogen) atoms. The van der Waals surface area contributed by atoms with E-state index in [4.69, 9.17) is 4.74 Å². The SMILES string of the molecule is CC(C)c1ccc(OCC(=O)NC[C@@H](c2ccc(C(C)(C)C)cc2)N(C)C)cc1. The average molecular weight is 397 g/mol. The van der Waals surface area contributed by atoms with Crippen LogP contribution < -0.4 is 10.1 Å². The number of likely N-dealkylation sites (N-methyl/N-ethyl adjacent to an activating group) is 1. The summed E-state index contributed by atoms with van der Waals surface area (Å²) in [5.74, 6) is 1.08. The van der Waals surface area contributed by atoms with Gasteiger partial charge in [-0.1, -0.05) is 71.0 Å². The molecule has 0 aromatic heterocycles. The van der Waals surface area contributed by atoms with E-state index >= 15 is 0 Å². The van der Waals surface area contributed by atoms with Crippen LogP contribution in [0.15, 0.2) is 48.5 Å². The molecule has 0 saturated heterocycles. The maximum atomic E-state index is 12.3. The van der Waals surface area contributed by atoms with Gasteiger partial charge >= 0.3 is 0 Å². The summed E-state index contributed by atoms with van der Waals surface area (Å²) in [6.45, 7) is 11.5. The van der Waals surface area contributed by atoms with Crippen molar-refractivity contribution in [2.24, 2.45) is 0 Å². The largest absolute Gasteiger partial charge is 0.484 e. The van der Waals surface area contributed by atoms with Crippen LogP contribution in [-0.4, -0.2) is 38.1 Å². The molecular formula is C25H36N2O2. The molecule has 0 unspecified atom stereocenters. The van der Waals surface area contributed by atoms with E-state index in [0.717, 1.165) is 0 Å². The Labute approximate surface area is 176 Å². The van der Waals surface area contributed by atoms with Gasteiger partial charge in [-0.25, -0.2) is 0 Å². The Morgan fingerprint density at radius 3 is 2.00 bits per heavy atom. The van der Waals surface area contributed by atoms with Crippen LogP contribution >= 0.6 is 0 Å². The molecule has 4 nitrogen and oxygen atoms in total. The fourth-order valence-electron chi connectivity index (χ4n) is 3.16. The van der Waals surface area contributed by atoms with Gasteiger partial charge in [0, 0.05) is 6.54 Å². The van der Waals surface area contributed by atoms with E-state index in [1.54, 1.807) is 0 Å². The second-order valence-electron chi connectivity index (χ2n) is 9.17. The second-order valence-corrected chi connectivity index (χ2v) is 9.17. The Hall–Kier alpha value is -2.33. The van der Waals surface area contributed by atoms with E-state index in [9.17, 15) is 4.79 Å². The summed E-state index contributed by atoms with van der Waals surface area (Å²) in [6, 6.07) is 16.7. The number of hydrogen-bond donors (Lipinski definition) is 1. The summed E-state index contributed by atoms with van der Waals surface area (Å²) in [4.78, 5) is 14.4. The fourth-order valence-corrected chi connectivity index (χ4v) is 3.16. The number of rotatable bonds is 8. The minimum absolute atomic E-state index is 0.0180. The molecule has 0 saturated carbocycles. The number of nitrogens with one attached hydrogen (secondary N) is 1. The quantitative estimate of drug-likeness (QED) is 0.690. The van der Waals surface area contributed by atoms with E-state index in [-0.39, 0.29) is 24.0 Å². The number of carbonyl (C=O) groups excluding carboxylic acids is 1. The van der Waals surface area contributed by atoms with Gasteiger partial charge in [-0.05, 0) is 54.3 Å². The predicted octanol–water partition coefficient (Wildman–Crippen LogP) is 4.91. The van der Waals surface area contributed by atoms with Crippen molar-refractivity contribution >= 4 is 5.91 Å². The third kappa shape index (κ3) is 6.90. The highest BCUT2D eigenvalue weighted by molar-refractivity contribution is 5.77. The van der Waals surface area contributed by atoms with E-state index in [1.807, 2.05) is 38.4 Å². The maximum Gasteiger partial charge on any atom is 0.258 e.